The number of benzene rings is 4. The number of furan rings is 1. The van der Waals surface area contributed by atoms with Crippen LogP contribution in [0.5, 0.6) is 5.75 Å². The molecule has 5 aromatic rings. The van der Waals surface area contributed by atoms with E-state index in [4.69, 9.17) is 9.15 Å². The van der Waals surface area contributed by atoms with Crippen molar-refractivity contribution in [3.8, 4) is 17.1 Å². The van der Waals surface area contributed by atoms with E-state index in [1.165, 1.54) is 6.08 Å². The molecule has 5 rings (SSSR count). The molecule has 214 valence electrons. The number of hydrogen-bond donors (Lipinski definition) is 2. The lowest BCUT2D eigenvalue weighted by atomic mass is 10.0. The van der Waals surface area contributed by atoms with Gasteiger partial charge in [-0.05, 0) is 73.2 Å². The SMILES string of the molecule is COc1ccc(-c2ccc(/C=C/C(=O)Nc3ccc(NC(=O)Cc4ccc(C)cc4)c(C(=O)c4ccccc4)c3)o2)cc1. The molecule has 1 heterocycles. The third-order valence-electron chi connectivity index (χ3n) is 6.73. The van der Waals surface area contributed by atoms with Crippen LogP contribution in [0.15, 0.2) is 120 Å². The van der Waals surface area contributed by atoms with Crippen LogP contribution in [0.25, 0.3) is 17.4 Å². The topological polar surface area (TPSA) is 97.6 Å². The van der Waals surface area contributed by atoms with E-state index in [9.17, 15) is 14.4 Å². The average molecular weight is 571 g/mol. The fourth-order valence-corrected chi connectivity index (χ4v) is 4.44. The van der Waals surface area contributed by atoms with Crippen molar-refractivity contribution in [1.29, 1.82) is 0 Å². The summed E-state index contributed by atoms with van der Waals surface area (Å²) in [5, 5.41) is 5.66. The van der Waals surface area contributed by atoms with E-state index in [2.05, 4.69) is 10.6 Å². The van der Waals surface area contributed by atoms with Crippen molar-refractivity contribution in [2.24, 2.45) is 0 Å². The fraction of sp³-hybridized carbons (Fsp3) is 0.0833. The summed E-state index contributed by atoms with van der Waals surface area (Å²) in [5.74, 6) is 0.979. The van der Waals surface area contributed by atoms with E-state index < -0.39 is 5.91 Å². The molecule has 0 saturated heterocycles. The number of anilines is 2. The molecular weight excluding hydrogens is 540 g/mol. The molecule has 2 N–H and O–H groups in total. The van der Waals surface area contributed by atoms with Crippen molar-refractivity contribution in [3.05, 3.63) is 143 Å². The van der Waals surface area contributed by atoms with Crippen molar-refractivity contribution in [2.45, 2.75) is 13.3 Å². The van der Waals surface area contributed by atoms with Crippen molar-refractivity contribution in [3.63, 3.8) is 0 Å². The molecule has 0 spiro atoms. The first-order valence-electron chi connectivity index (χ1n) is 13.7. The van der Waals surface area contributed by atoms with Gasteiger partial charge in [-0.15, -0.1) is 0 Å². The zero-order valence-corrected chi connectivity index (χ0v) is 23.8. The van der Waals surface area contributed by atoms with Crippen LogP contribution in [-0.4, -0.2) is 24.7 Å². The maximum absolute atomic E-state index is 13.5. The van der Waals surface area contributed by atoms with Crippen LogP contribution in [0.2, 0.25) is 0 Å². The first-order chi connectivity index (χ1) is 20.9. The minimum atomic E-state index is -0.406. The standard InChI is InChI=1S/C36H30N2O5/c1-24-8-10-25(11-9-24)22-35(40)38-32-19-14-28(23-31(32)36(41)27-6-4-3-5-7-27)37-34(39)21-18-30-17-20-33(43-30)26-12-15-29(42-2)16-13-26/h3-21,23H,22H2,1-2H3,(H,37,39)(H,38,40)/b21-18+. The summed E-state index contributed by atoms with van der Waals surface area (Å²) >= 11 is 0. The Kier molecular flexibility index (Phi) is 8.93. The molecule has 0 saturated carbocycles. The van der Waals surface area contributed by atoms with Gasteiger partial charge >= 0.3 is 0 Å². The first-order valence-corrected chi connectivity index (χ1v) is 13.7. The van der Waals surface area contributed by atoms with E-state index >= 15 is 0 Å². The molecule has 0 unspecified atom stereocenters. The normalized spacial score (nSPS) is 10.8. The summed E-state index contributed by atoms with van der Waals surface area (Å²) in [6.45, 7) is 1.98. The molecule has 4 aromatic carbocycles. The monoisotopic (exact) mass is 570 g/mol. The Balaban J connectivity index is 1.31. The average Bonchev–Trinajstić information content (AvgIpc) is 3.51. The Hall–Kier alpha value is -5.69. The predicted octanol–water partition coefficient (Wildman–Crippen LogP) is 7.33. The van der Waals surface area contributed by atoms with E-state index in [1.54, 1.807) is 61.7 Å². The molecule has 7 heteroatoms. The molecule has 0 atom stereocenters. The van der Waals surface area contributed by atoms with Gasteiger partial charge in [0.2, 0.25) is 11.8 Å². The van der Waals surface area contributed by atoms with Gasteiger partial charge < -0.3 is 19.8 Å². The Morgan fingerprint density at radius 1 is 0.814 bits per heavy atom. The maximum Gasteiger partial charge on any atom is 0.248 e. The second-order valence-corrected chi connectivity index (χ2v) is 9.92. The van der Waals surface area contributed by atoms with Crippen molar-refractivity contribution in [1.82, 2.24) is 0 Å². The highest BCUT2D eigenvalue weighted by molar-refractivity contribution is 6.15. The lowest BCUT2D eigenvalue weighted by molar-refractivity contribution is -0.115. The van der Waals surface area contributed by atoms with Gasteiger partial charge in [0.25, 0.3) is 0 Å². The summed E-state index contributed by atoms with van der Waals surface area (Å²) in [7, 11) is 1.61. The zero-order valence-electron chi connectivity index (χ0n) is 23.8. The number of carbonyl (C=O) groups excluding carboxylic acids is 3. The van der Waals surface area contributed by atoms with Crippen LogP contribution in [0.3, 0.4) is 0 Å². The van der Waals surface area contributed by atoms with Crippen molar-refractivity contribution in [2.75, 3.05) is 17.7 Å². The van der Waals surface area contributed by atoms with Gasteiger partial charge in [-0.1, -0.05) is 60.2 Å². The largest absolute Gasteiger partial charge is 0.497 e. The smallest absolute Gasteiger partial charge is 0.248 e. The molecule has 0 radical (unpaired) electrons. The maximum atomic E-state index is 13.5. The van der Waals surface area contributed by atoms with E-state index in [0.29, 0.717) is 28.5 Å². The number of aryl methyl sites for hydroxylation is 1. The number of carbonyl (C=O) groups is 3. The molecule has 0 bridgehead atoms. The predicted molar refractivity (Wildman–Crippen MR) is 168 cm³/mol. The number of rotatable bonds is 10. The Morgan fingerprint density at radius 3 is 2.28 bits per heavy atom. The quantitative estimate of drug-likeness (QED) is 0.135. The summed E-state index contributed by atoms with van der Waals surface area (Å²) < 4.78 is 11.0. The molecule has 0 fully saturated rings. The molecule has 0 aliphatic carbocycles. The third kappa shape index (κ3) is 7.54. The first kappa shape index (κ1) is 28.8. The minimum absolute atomic E-state index is 0.162. The number of ketones is 1. The van der Waals surface area contributed by atoms with E-state index in [1.807, 2.05) is 67.6 Å². The van der Waals surface area contributed by atoms with Gasteiger partial charge in [0.1, 0.15) is 17.3 Å². The molecule has 0 aliphatic rings. The second kappa shape index (κ2) is 13.3. The van der Waals surface area contributed by atoms with Crippen LogP contribution < -0.4 is 15.4 Å². The number of amides is 2. The van der Waals surface area contributed by atoms with Crippen LogP contribution in [0.4, 0.5) is 11.4 Å². The Morgan fingerprint density at radius 2 is 1.56 bits per heavy atom. The van der Waals surface area contributed by atoms with Crippen LogP contribution >= 0.6 is 0 Å². The summed E-state index contributed by atoms with van der Waals surface area (Å²) in [6.07, 6.45) is 3.08. The van der Waals surface area contributed by atoms with Crippen LogP contribution in [0, 0.1) is 6.92 Å². The molecule has 43 heavy (non-hydrogen) atoms. The zero-order chi connectivity index (χ0) is 30.2. The number of hydrogen-bond acceptors (Lipinski definition) is 5. The Labute approximate surface area is 249 Å². The Bertz CT molecular complexity index is 1770. The molecule has 0 aliphatic heterocycles. The lowest BCUT2D eigenvalue weighted by Crippen LogP contribution is -2.18. The number of nitrogens with one attached hydrogen (secondary N) is 2. The van der Waals surface area contributed by atoms with Crippen molar-refractivity contribution >= 4 is 35.0 Å². The van der Waals surface area contributed by atoms with Crippen molar-refractivity contribution < 1.29 is 23.5 Å². The minimum Gasteiger partial charge on any atom is -0.497 e. The number of ether oxygens (including phenoxy) is 1. The lowest BCUT2D eigenvalue weighted by Gasteiger charge is -2.13. The highest BCUT2D eigenvalue weighted by Crippen LogP contribution is 2.26. The van der Waals surface area contributed by atoms with E-state index in [-0.39, 0.29) is 23.7 Å². The van der Waals surface area contributed by atoms with E-state index in [0.717, 1.165) is 22.4 Å². The molecular formula is C36H30N2O5. The van der Waals surface area contributed by atoms with Crippen LogP contribution in [-0.2, 0) is 16.0 Å². The third-order valence-corrected chi connectivity index (χ3v) is 6.73. The fourth-order valence-electron chi connectivity index (χ4n) is 4.44. The van der Waals surface area contributed by atoms with Gasteiger partial charge in [-0.2, -0.15) is 0 Å². The van der Waals surface area contributed by atoms with Crippen LogP contribution in [0.1, 0.15) is 32.8 Å². The summed E-state index contributed by atoms with van der Waals surface area (Å²) in [5.41, 5.74) is 4.35. The highest BCUT2D eigenvalue weighted by atomic mass is 16.5. The second-order valence-electron chi connectivity index (χ2n) is 9.92. The summed E-state index contributed by atoms with van der Waals surface area (Å²) in [6, 6.07) is 32.4. The molecule has 7 nitrogen and oxygen atoms in total. The number of methoxy groups -OCH3 is 1. The van der Waals surface area contributed by atoms with Gasteiger partial charge in [-0.3, -0.25) is 14.4 Å². The van der Waals surface area contributed by atoms with Gasteiger partial charge in [0, 0.05) is 28.5 Å². The van der Waals surface area contributed by atoms with Gasteiger partial charge in [-0.25, -0.2) is 0 Å². The van der Waals surface area contributed by atoms with Gasteiger partial charge in [0.15, 0.2) is 5.78 Å². The summed E-state index contributed by atoms with van der Waals surface area (Å²) in [4.78, 5) is 39.1. The van der Waals surface area contributed by atoms with Gasteiger partial charge in [0.05, 0.1) is 19.2 Å². The highest BCUT2D eigenvalue weighted by Gasteiger charge is 2.17. The molecule has 2 amide bonds. The molecule has 1 aromatic heterocycles.